The third-order valence-corrected chi connectivity index (χ3v) is 2.61. The van der Waals surface area contributed by atoms with Gasteiger partial charge in [0.25, 0.3) is 0 Å². The van der Waals surface area contributed by atoms with Gasteiger partial charge in [0.15, 0.2) is 10.9 Å². The van der Waals surface area contributed by atoms with Crippen LogP contribution >= 0.6 is 11.6 Å². The molecular weight excluding hydrogens is 200 g/mol. The quantitative estimate of drug-likeness (QED) is 0.777. The Morgan fingerprint density at radius 2 is 2.57 bits per heavy atom. The molecule has 1 fully saturated rings. The van der Waals surface area contributed by atoms with Crippen LogP contribution in [0, 0.1) is 0 Å². The zero-order chi connectivity index (χ0) is 9.80. The number of ether oxygens (including phenoxy) is 1. The molecule has 0 amide bonds. The van der Waals surface area contributed by atoms with Gasteiger partial charge in [0.05, 0.1) is 0 Å². The Balaban J connectivity index is 1.88. The average molecular weight is 213 g/mol. The van der Waals surface area contributed by atoms with Crippen molar-refractivity contribution in [1.29, 1.82) is 0 Å². The normalized spacial score (nSPS) is 21.1. The highest BCUT2D eigenvalue weighted by molar-refractivity contribution is 6.30. The number of nitrogens with one attached hydrogen (secondary N) is 1. The molecule has 0 aromatic carbocycles. The molecule has 2 heterocycles. The van der Waals surface area contributed by atoms with Crippen molar-refractivity contribution in [2.75, 3.05) is 13.2 Å². The number of pyridine rings is 1. The van der Waals surface area contributed by atoms with Gasteiger partial charge in [0.2, 0.25) is 0 Å². The fourth-order valence-corrected chi connectivity index (χ4v) is 1.74. The minimum atomic E-state index is 0.436. The van der Waals surface area contributed by atoms with Gasteiger partial charge in [0.1, 0.15) is 6.61 Å². The zero-order valence-corrected chi connectivity index (χ0v) is 8.63. The molecule has 1 aliphatic rings. The van der Waals surface area contributed by atoms with Crippen molar-refractivity contribution in [1.82, 2.24) is 10.3 Å². The summed E-state index contributed by atoms with van der Waals surface area (Å²) in [6.07, 6.45) is 4.07. The van der Waals surface area contributed by atoms with Gasteiger partial charge >= 0.3 is 0 Å². The number of hydrogen-bond donors (Lipinski definition) is 1. The van der Waals surface area contributed by atoms with Gasteiger partial charge in [-0.1, -0.05) is 11.6 Å². The summed E-state index contributed by atoms with van der Waals surface area (Å²) in [5.74, 6) is 0.669. The van der Waals surface area contributed by atoms with Crippen LogP contribution in [0.5, 0.6) is 5.75 Å². The summed E-state index contributed by atoms with van der Waals surface area (Å²) >= 11 is 5.85. The van der Waals surface area contributed by atoms with Gasteiger partial charge in [-0.05, 0) is 31.5 Å². The van der Waals surface area contributed by atoms with Crippen LogP contribution in [0.4, 0.5) is 0 Å². The number of halogens is 1. The molecule has 1 aliphatic heterocycles. The maximum atomic E-state index is 5.85. The summed E-state index contributed by atoms with van der Waals surface area (Å²) < 4.78 is 5.56. The summed E-state index contributed by atoms with van der Waals surface area (Å²) in [6, 6.07) is 4.12. The summed E-state index contributed by atoms with van der Waals surface area (Å²) in [7, 11) is 0. The van der Waals surface area contributed by atoms with Gasteiger partial charge in [-0.3, -0.25) is 0 Å². The molecule has 1 saturated heterocycles. The highest BCUT2D eigenvalue weighted by Gasteiger charge is 2.14. The third-order valence-electron chi connectivity index (χ3n) is 2.33. The number of aromatic nitrogens is 1. The Bertz CT molecular complexity index is 300. The lowest BCUT2D eigenvalue weighted by Gasteiger charge is -2.12. The zero-order valence-electron chi connectivity index (χ0n) is 7.87. The standard InChI is InChI=1S/C10H13ClN2O/c11-10-9(4-2-6-13-10)14-7-8-3-1-5-12-8/h2,4,6,8,12H,1,3,5,7H2. The maximum Gasteiger partial charge on any atom is 0.171 e. The molecule has 0 saturated carbocycles. The molecule has 1 N–H and O–H groups in total. The first kappa shape index (κ1) is 9.74. The van der Waals surface area contributed by atoms with Gasteiger partial charge in [-0.15, -0.1) is 0 Å². The topological polar surface area (TPSA) is 34.1 Å². The van der Waals surface area contributed by atoms with E-state index in [4.69, 9.17) is 16.3 Å². The highest BCUT2D eigenvalue weighted by Crippen LogP contribution is 2.20. The van der Waals surface area contributed by atoms with Gasteiger partial charge < -0.3 is 10.1 Å². The van der Waals surface area contributed by atoms with E-state index in [0.29, 0.717) is 23.6 Å². The Morgan fingerprint density at radius 1 is 1.64 bits per heavy atom. The Morgan fingerprint density at radius 3 is 3.29 bits per heavy atom. The molecule has 1 unspecified atom stereocenters. The van der Waals surface area contributed by atoms with Gasteiger partial charge in [-0.25, -0.2) is 4.98 Å². The lowest BCUT2D eigenvalue weighted by molar-refractivity contribution is 0.276. The van der Waals surface area contributed by atoms with Crippen LogP contribution in [0.15, 0.2) is 18.3 Å². The molecule has 1 aromatic heterocycles. The summed E-state index contributed by atoms with van der Waals surface area (Å²) in [5.41, 5.74) is 0. The molecule has 0 spiro atoms. The predicted molar refractivity (Wildman–Crippen MR) is 55.8 cm³/mol. The maximum absolute atomic E-state index is 5.85. The van der Waals surface area contributed by atoms with Crippen molar-refractivity contribution in [2.45, 2.75) is 18.9 Å². The van der Waals surface area contributed by atoms with E-state index in [-0.39, 0.29) is 0 Å². The number of nitrogens with zero attached hydrogens (tertiary/aromatic N) is 1. The molecule has 0 radical (unpaired) electrons. The summed E-state index contributed by atoms with van der Waals surface area (Å²) in [4.78, 5) is 3.94. The van der Waals surface area contributed by atoms with E-state index in [9.17, 15) is 0 Å². The lowest BCUT2D eigenvalue weighted by Crippen LogP contribution is -2.28. The monoisotopic (exact) mass is 212 g/mol. The summed E-state index contributed by atoms with van der Waals surface area (Å²) in [5, 5.41) is 3.79. The van der Waals surface area contributed by atoms with E-state index < -0.39 is 0 Å². The highest BCUT2D eigenvalue weighted by atomic mass is 35.5. The Kier molecular flexibility index (Phi) is 3.22. The molecule has 1 aromatic rings. The second kappa shape index (κ2) is 4.62. The second-order valence-electron chi connectivity index (χ2n) is 3.40. The van der Waals surface area contributed by atoms with Crippen LogP contribution < -0.4 is 10.1 Å². The molecule has 4 heteroatoms. The number of hydrogen-bond acceptors (Lipinski definition) is 3. The Hall–Kier alpha value is -0.800. The van der Waals surface area contributed by atoms with Crippen molar-refractivity contribution in [3.05, 3.63) is 23.5 Å². The number of rotatable bonds is 3. The minimum absolute atomic E-state index is 0.436. The third kappa shape index (κ3) is 2.36. The molecule has 1 atom stereocenters. The van der Waals surface area contributed by atoms with Crippen molar-refractivity contribution in [3.63, 3.8) is 0 Å². The molecular formula is C10H13ClN2O. The van der Waals surface area contributed by atoms with E-state index in [1.54, 1.807) is 6.20 Å². The predicted octanol–water partition coefficient (Wildman–Crippen LogP) is 1.87. The lowest BCUT2D eigenvalue weighted by atomic mass is 10.2. The fraction of sp³-hybridized carbons (Fsp3) is 0.500. The van der Waals surface area contributed by atoms with E-state index >= 15 is 0 Å². The van der Waals surface area contributed by atoms with Crippen molar-refractivity contribution < 1.29 is 4.74 Å². The van der Waals surface area contributed by atoms with Crippen LogP contribution in [0.3, 0.4) is 0 Å². The van der Waals surface area contributed by atoms with E-state index in [1.165, 1.54) is 12.8 Å². The van der Waals surface area contributed by atoms with Crippen LogP contribution in [0.25, 0.3) is 0 Å². The van der Waals surface area contributed by atoms with Crippen molar-refractivity contribution in [2.24, 2.45) is 0 Å². The second-order valence-corrected chi connectivity index (χ2v) is 3.75. The fourth-order valence-electron chi connectivity index (χ4n) is 1.57. The molecule has 14 heavy (non-hydrogen) atoms. The first-order valence-corrected chi connectivity index (χ1v) is 5.21. The first-order chi connectivity index (χ1) is 6.86. The molecule has 0 aliphatic carbocycles. The summed E-state index contributed by atoms with van der Waals surface area (Å²) in [6.45, 7) is 1.76. The Labute approximate surface area is 88.4 Å². The van der Waals surface area contributed by atoms with Crippen LogP contribution in [-0.4, -0.2) is 24.2 Å². The molecule has 76 valence electrons. The van der Waals surface area contributed by atoms with E-state index in [2.05, 4.69) is 10.3 Å². The largest absolute Gasteiger partial charge is 0.489 e. The average Bonchev–Trinajstić information content (AvgIpc) is 2.69. The SMILES string of the molecule is Clc1ncccc1OCC1CCCN1. The minimum Gasteiger partial charge on any atom is -0.489 e. The smallest absolute Gasteiger partial charge is 0.171 e. The van der Waals surface area contributed by atoms with Crippen LogP contribution in [0.2, 0.25) is 5.15 Å². The van der Waals surface area contributed by atoms with Crippen molar-refractivity contribution >= 4 is 11.6 Å². The first-order valence-electron chi connectivity index (χ1n) is 4.83. The van der Waals surface area contributed by atoms with Crippen LogP contribution in [0.1, 0.15) is 12.8 Å². The molecule has 2 rings (SSSR count). The molecule has 0 bridgehead atoms. The van der Waals surface area contributed by atoms with Gasteiger partial charge in [0, 0.05) is 12.2 Å². The van der Waals surface area contributed by atoms with E-state index in [0.717, 1.165) is 6.54 Å². The van der Waals surface area contributed by atoms with Crippen molar-refractivity contribution in [3.8, 4) is 5.75 Å². The van der Waals surface area contributed by atoms with Crippen LogP contribution in [-0.2, 0) is 0 Å². The molecule has 3 nitrogen and oxygen atoms in total. The van der Waals surface area contributed by atoms with E-state index in [1.807, 2.05) is 12.1 Å². The van der Waals surface area contributed by atoms with Gasteiger partial charge in [-0.2, -0.15) is 0 Å².